The lowest BCUT2D eigenvalue weighted by molar-refractivity contribution is -0.134. The Labute approximate surface area is 122 Å². The third-order valence-corrected chi connectivity index (χ3v) is 4.19. The number of likely N-dealkylation sites (tertiary alicyclic amines) is 1. The summed E-state index contributed by atoms with van der Waals surface area (Å²) in [5, 5.41) is 12.0. The van der Waals surface area contributed by atoms with E-state index in [2.05, 4.69) is 15.5 Å². The number of rotatable bonds is 4. The van der Waals surface area contributed by atoms with Gasteiger partial charge < -0.3 is 10.2 Å². The van der Waals surface area contributed by atoms with Gasteiger partial charge in [0.05, 0.1) is 0 Å². The monoisotopic (exact) mass is 296 g/mol. The highest BCUT2D eigenvalue weighted by molar-refractivity contribution is 7.15. The lowest BCUT2D eigenvalue weighted by atomic mass is 9.96. The first-order chi connectivity index (χ1) is 9.60. The highest BCUT2D eigenvalue weighted by atomic mass is 32.1. The molecule has 0 unspecified atom stereocenters. The van der Waals surface area contributed by atoms with Gasteiger partial charge in [0.15, 0.2) is 0 Å². The van der Waals surface area contributed by atoms with Crippen molar-refractivity contribution in [2.75, 3.05) is 18.4 Å². The maximum Gasteiger partial charge on any atom is 0.229 e. The number of hydrogen-bond donors (Lipinski definition) is 1. The van der Waals surface area contributed by atoms with Crippen LogP contribution in [-0.2, 0) is 9.59 Å². The average Bonchev–Trinajstić information content (AvgIpc) is 2.84. The molecule has 0 saturated carbocycles. The van der Waals surface area contributed by atoms with Crippen LogP contribution < -0.4 is 5.32 Å². The van der Waals surface area contributed by atoms with Crippen LogP contribution in [0.5, 0.6) is 0 Å². The van der Waals surface area contributed by atoms with Crippen LogP contribution in [0.25, 0.3) is 0 Å². The second-order valence-electron chi connectivity index (χ2n) is 5.02. The van der Waals surface area contributed by atoms with E-state index in [-0.39, 0.29) is 17.7 Å². The second kappa shape index (κ2) is 6.78. The molecule has 0 bridgehead atoms. The summed E-state index contributed by atoms with van der Waals surface area (Å²) in [6, 6.07) is 0. The Morgan fingerprint density at radius 2 is 2.05 bits per heavy atom. The van der Waals surface area contributed by atoms with E-state index in [1.807, 2.05) is 18.7 Å². The molecular formula is C13H20N4O2S. The first-order valence-corrected chi connectivity index (χ1v) is 7.80. The van der Waals surface area contributed by atoms with Gasteiger partial charge in [-0.2, -0.15) is 0 Å². The minimum absolute atomic E-state index is 0.0104. The van der Waals surface area contributed by atoms with Crippen molar-refractivity contribution in [3.63, 3.8) is 0 Å². The Morgan fingerprint density at radius 1 is 1.35 bits per heavy atom. The highest BCUT2D eigenvalue weighted by Gasteiger charge is 2.27. The number of aromatic nitrogens is 2. The number of anilines is 1. The van der Waals surface area contributed by atoms with Crippen molar-refractivity contribution in [3.8, 4) is 0 Å². The maximum absolute atomic E-state index is 12.1. The molecule has 20 heavy (non-hydrogen) atoms. The summed E-state index contributed by atoms with van der Waals surface area (Å²) in [5.41, 5.74) is 0. The molecule has 0 spiro atoms. The van der Waals surface area contributed by atoms with Gasteiger partial charge in [0.25, 0.3) is 0 Å². The molecule has 2 amide bonds. The Kier molecular flexibility index (Phi) is 5.05. The van der Waals surface area contributed by atoms with Crippen molar-refractivity contribution in [3.05, 3.63) is 5.01 Å². The van der Waals surface area contributed by atoms with Crippen molar-refractivity contribution >= 4 is 28.3 Å². The summed E-state index contributed by atoms with van der Waals surface area (Å²) in [7, 11) is 0. The smallest absolute Gasteiger partial charge is 0.229 e. The molecule has 1 saturated heterocycles. The number of carbonyl (C=O) groups is 2. The zero-order chi connectivity index (χ0) is 14.5. The van der Waals surface area contributed by atoms with E-state index in [0.29, 0.717) is 24.6 Å². The molecule has 0 radical (unpaired) electrons. The molecule has 2 rings (SSSR count). The molecule has 1 aliphatic rings. The third kappa shape index (κ3) is 3.75. The molecule has 110 valence electrons. The van der Waals surface area contributed by atoms with Gasteiger partial charge in [0.2, 0.25) is 16.9 Å². The molecule has 7 heteroatoms. The fourth-order valence-corrected chi connectivity index (χ4v) is 2.91. The maximum atomic E-state index is 12.1. The zero-order valence-corrected chi connectivity index (χ0v) is 12.7. The van der Waals surface area contributed by atoms with Crippen LogP contribution in [0.2, 0.25) is 0 Å². The molecule has 2 heterocycles. The topological polar surface area (TPSA) is 75.2 Å². The van der Waals surface area contributed by atoms with Gasteiger partial charge in [0.1, 0.15) is 5.01 Å². The molecule has 1 N–H and O–H groups in total. The number of carbonyl (C=O) groups excluding carboxylic acids is 2. The predicted octanol–water partition coefficient (Wildman–Crippen LogP) is 1.82. The normalized spacial score (nSPS) is 16.2. The van der Waals surface area contributed by atoms with Gasteiger partial charge in [-0.05, 0) is 26.2 Å². The summed E-state index contributed by atoms with van der Waals surface area (Å²) in [5.74, 6) is 0.153. The predicted molar refractivity (Wildman–Crippen MR) is 77.5 cm³/mol. The first-order valence-electron chi connectivity index (χ1n) is 6.99. The van der Waals surface area contributed by atoms with Gasteiger partial charge in [-0.15, -0.1) is 10.2 Å². The minimum atomic E-state index is -0.0371. The van der Waals surface area contributed by atoms with E-state index >= 15 is 0 Å². The molecule has 0 atom stereocenters. The summed E-state index contributed by atoms with van der Waals surface area (Å²) in [4.78, 5) is 25.7. The number of amides is 2. The summed E-state index contributed by atoms with van der Waals surface area (Å²) >= 11 is 1.37. The van der Waals surface area contributed by atoms with Crippen LogP contribution in [0, 0.1) is 12.8 Å². The molecule has 1 fully saturated rings. The van der Waals surface area contributed by atoms with Crippen LogP contribution in [0.4, 0.5) is 5.13 Å². The van der Waals surface area contributed by atoms with Crippen molar-refractivity contribution in [1.29, 1.82) is 0 Å². The molecule has 0 aromatic carbocycles. The van der Waals surface area contributed by atoms with Crippen LogP contribution >= 0.6 is 11.3 Å². The average molecular weight is 296 g/mol. The van der Waals surface area contributed by atoms with Gasteiger partial charge in [0, 0.05) is 25.4 Å². The summed E-state index contributed by atoms with van der Waals surface area (Å²) in [6.07, 6.45) is 2.91. The summed E-state index contributed by atoms with van der Waals surface area (Å²) in [6.45, 7) is 5.20. The van der Waals surface area contributed by atoms with Crippen molar-refractivity contribution in [2.45, 2.75) is 39.5 Å². The molecular weight excluding hydrogens is 276 g/mol. The van der Waals surface area contributed by atoms with Crippen LogP contribution in [0.3, 0.4) is 0 Å². The fourth-order valence-electron chi connectivity index (χ4n) is 2.32. The Balaban J connectivity index is 1.81. The van der Waals surface area contributed by atoms with Crippen molar-refractivity contribution < 1.29 is 9.59 Å². The lowest BCUT2D eigenvalue weighted by Crippen LogP contribution is -2.41. The van der Waals surface area contributed by atoms with E-state index in [4.69, 9.17) is 0 Å². The van der Waals surface area contributed by atoms with Crippen LogP contribution in [0.1, 0.15) is 37.6 Å². The van der Waals surface area contributed by atoms with E-state index < -0.39 is 0 Å². The number of nitrogens with one attached hydrogen (secondary N) is 1. The van der Waals surface area contributed by atoms with E-state index in [9.17, 15) is 9.59 Å². The van der Waals surface area contributed by atoms with Crippen molar-refractivity contribution in [2.24, 2.45) is 5.92 Å². The van der Waals surface area contributed by atoms with Gasteiger partial charge >= 0.3 is 0 Å². The van der Waals surface area contributed by atoms with Gasteiger partial charge in [-0.3, -0.25) is 9.59 Å². The van der Waals surface area contributed by atoms with E-state index in [1.54, 1.807) is 0 Å². The largest absolute Gasteiger partial charge is 0.343 e. The number of hydrogen-bond acceptors (Lipinski definition) is 5. The fraction of sp³-hybridized carbons (Fsp3) is 0.692. The SMILES string of the molecule is CCCC(=O)N1CCC(C(=O)Nc2nnc(C)s2)CC1. The molecule has 0 aliphatic carbocycles. The Morgan fingerprint density at radius 3 is 2.60 bits per heavy atom. The van der Waals surface area contributed by atoms with Gasteiger partial charge in [-0.1, -0.05) is 18.3 Å². The van der Waals surface area contributed by atoms with Crippen LogP contribution in [0.15, 0.2) is 0 Å². The Bertz CT molecular complexity index is 480. The third-order valence-electron chi connectivity index (χ3n) is 3.44. The highest BCUT2D eigenvalue weighted by Crippen LogP contribution is 2.21. The van der Waals surface area contributed by atoms with E-state index in [1.165, 1.54) is 11.3 Å². The second-order valence-corrected chi connectivity index (χ2v) is 6.20. The number of piperidine rings is 1. The molecule has 6 nitrogen and oxygen atoms in total. The molecule has 1 aromatic rings. The molecule has 1 aromatic heterocycles. The van der Waals surface area contributed by atoms with Gasteiger partial charge in [-0.25, -0.2) is 0 Å². The Hall–Kier alpha value is -1.50. The lowest BCUT2D eigenvalue weighted by Gasteiger charge is -2.31. The van der Waals surface area contributed by atoms with Crippen molar-refractivity contribution in [1.82, 2.24) is 15.1 Å². The van der Waals surface area contributed by atoms with Crippen LogP contribution in [-0.4, -0.2) is 40.0 Å². The number of aryl methyl sites for hydroxylation is 1. The zero-order valence-electron chi connectivity index (χ0n) is 11.9. The quantitative estimate of drug-likeness (QED) is 0.919. The van der Waals surface area contributed by atoms with E-state index in [0.717, 1.165) is 24.3 Å². The minimum Gasteiger partial charge on any atom is -0.343 e. The first kappa shape index (κ1) is 14.9. The number of nitrogens with zero attached hydrogens (tertiary/aromatic N) is 3. The summed E-state index contributed by atoms with van der Waals surface area (Å²) < 4.78 is 0. The standard InChI is InChI=1S/C13H20N4O2S/c1-3-4-11(18)17-7-5-10(6-8-17)12(19)14-13-16-15-9(2)20-13/h10H,3-8H2,1-2H3,(H,14,16,19). The molecule has 1 aliphatic heterocycles.